The Balaban J connectivity index is 1.65. The first-order valence-electron chi connectivity index (χ1n) is 9.00. The Morgan fingerprint density at radius 1 is 1.07 bits per heavy atom. The zero-order valence-electron chi connectivity index (χ0n) is 14.7. The van der Waals surface area contributed by atoms with E-state index >= 15 is 0 Å². The lowest BCUT2D eigenvalue weighted by atomic mass is 9.87. The van der Waals surface area contributed by atoms with Crippen molar-refractivity contribution in [3.05, 3.63) is 94.2 Å². The van der Waals surface area contributed by atoms with Crippen molar-refractivity contribution in [3.63, 3.8) is 0 Å². The fourth-order valence-corrected chi connectivity index (χ4v) is 4.72. The highest BCUT2D eigenvalue weighted by Gasteiger charge is 2.41. The van der Waals surface area contributed by atoms with E-state index in [1.54, 1.807) is 23.9 Å². The summed E-state index contributed by atoms with van der Waals surface area (Å²) >= 11 is 1.69. The number of rotatable bonds is 2. The van der Waals surface area contributed by atoms with E-state index in [9.17, 15) is 0 Å². The molecular weight excluding hydrogens is 370 g/mol. The lowest BCUT2D eigenvalue weighted by molar-refractivity contribution is 0.226. The third kappa shape index (κ3) is 2.23. The predicted molar refractivity (Wildman–Crippen MR) is 107 cm³/mol. The molecule has 1 aromatic carbocycles. The zero-order valence-corrected chi connectivity index (χ0v) is 15.5. The van der Waals surface area contributed by atoms with Gasteiger partial charge in [-0.2, -0.15) is 10.1 Å². The molecule has 6 nitrogen and oxygen atoms in total. The van der Waals surface area contributed by atoms with Crippen LogP contribution in [0.3, 0.4) is 0 Å². The van der Waals surface area contributed by atoms with Crippen LogP contribution in [0.15, 0.2) is 78.2 Å². The Labute approximate surface area is 165 Å². The van der Waals surface area contributed by atoms with Gasteiger partial charge in [-0.3, -0.25) is 4.98 Å². The summed E-state index contributed by atoms with van der Waals surface area (Å²) in [5.41, 5.74) is 4.24. The van der Waals surface area contributed by atoms with Gasteiger partial charge in [0.25, 0.3) is 0 Å². The van der Waals surface area contributed by atoms with Gasteiger partial charge < -0.3 is 10.1 Å². The van der Waals surface area contributed by atoms with Crippen LogP contribution in [0.25, 0.3) is 5.70 Å². The summed E-state index contributed by atoms with van der Waals surface area (Å²) in [5.74, 6) is 1.58. The van der Waals surface area contributed by atoms with Crippen LogP contribution in [0.4, 0.5) is 5.95 Å². The molecule has 3 aromatic heterocycles. The number of aromatic nitrogens is 4. The molecule has 0 saturated heterocycles. The summed E-state index contributed by atoms with van der Waals surface area (Å²) in [5, 5.41) is 10.1. The molecule has 7 heteroatoms. The second-order valence-corrected chi connectivity index (χ2v) is 7.66. The molecular formula is C21H15N5OS. The van der Waals surface area contributed by atoms with Crippen LogP contribution in [-0.4, -0.2) is 19.7 Å². The second-order valence-electron chi connectivity index (χ2n) is 6.68. The number of pyridine rings is 1. The number of nitrogens with zero attached hydrogens (tertiary/aromatic N) is 4. The van der Waals surface area contributed by atoms with E-state index in [2.05, 4.69) is 50.0 Å². The Kier molecular flexibility index (Phi) is 3.36. The van der Waals surface area contributed by atoms with E-state index in [4.69, 9.17) is 4.74 Å². The molecule has 28 heavy (non-hydrogen) atoms. The summed E-state index contributed by atoms with van der Waals surface area (Å²) in [6, 6.07) is 16.2. The molecule has 2 aliphatic rings. The number of fused-ring (bicyclic) bond motifs is 3. The van der Waals surface area contributed by atoms with Crippen LogP contribution in [0.5, 0.6) is 5.75 Å². The van der Waals surface area contributed by atoms with E-state index < -0.39 is 0 Å². The number of thiophene rings is 1. The fraction of sp³-hybridized carbons (Fsp3) is 0.0952. The van der Waals surface area contributed by atoms with Crippen molar-refractivity contribution in [3.8, 4) is 5.75 Å². The number of hydrogen-bond acceptors (Lipinski definition) is 6. The highest BCUT2D eigenvalue weighted by molar-refractivity contribution is 7.10. The molecule has 1 N–H and O–H groups in total. The van der Waals surface area contributed by atoms with E-state index in [0.717, 1.165) is 33.0 Å². The molecule has 0 fully saturated rings. The van der Waals surface area contributed by atoms with Crippen LogP contribution in [0, 0.1) is 0 Å². The molecule has 0 spiro atoms. The topological polar surface area (TPSA) is 64.9 Å². The third-order valence-electron chi connectivity index (χ3n) is 5.12. The number of para-hydroxylation sites is 1. The Morgan fingerprint density at radius 3 is 2.89 bits per heavy atom. The number of anilines is 1. The lowest BCUT2D eigenvalue weighted by Gasteiger charge is -2.38. The molecule has 136 valence electrons. The average Bonchev–Trinajstić information content (AvgIpc) is 3.44. The van der Waals surface area contributed by atoms with E-state index in [0.29, 0.717) is 5.95 Å². The Bertz CT molecular complexity index is 1180. The van der Waals surface area contributed by atoms with Gasteiger partial charge in [0.2, 0.25) is 5.95 Å². The van der Waals surface area contributed by atoms with Gasteiger partial charge in [0.05, 0.1) is 5.70 Å². The van der Waals surface area contributed by atoms with Crippen molar-refractivity contribution in [1.29, 1.82) is 0 Å². The number of nitrogens with one attached hydrogen (secondary N) is 1. The first-order valence-corrected chi connectivity index (χ1v) is 9.88. The largest absolute Gasteiger partial charge is 0.480 e. The lowest BCUT2D eigenvalue weighted by Crippen LogP contribution is -2.32. The van der Waals surface area contributed by atoms with Gasteiger partial charge in [0.1, 0.15) is 18.1 Å². The number of benzene rings is 1. The molecule has 0 amide bonds. The maximum atomic E-state index is 6.52. The Hall–Kier alpha value is -3.45. The molecule has 0 aliphatic carbocycles. The summed E-state index contributed by atoms with van der Waals surface area (Å²) < 4.78 is 8.43. The second kappa shape index (κ2) is 6.03. The normalized spacial score (nSPS) is 19.9. The fourth-order valence-electron chi connectivity index (χ4n) is 3.95. The van der Waals surface area contributed by atoms with Gasteiger partial charge in [-0.05, 0) is 35.2 Å². The smallest absolute Gasteiger partial charge is 0.226 e. The predicted octanol–water partition coefficient (Wildman–Crippen LogP) is 4.29. The zero-order chi connectivity index (χ0) is 18.5. The van der Waals surface area contributed by atoms with Gasteiger partial charge in [-0.15, -0.1) is 11.3 Å². The van der Waals surface area contributed by atoms with Gasteiger partial charge in [0, 0.05) is 28.4 Å². The van der Waals surface area contributed by atoms with Crippen molar-refractivity contribution in [2.24, 2.45) is 0 Å². The van der Waals surface area contributed by atoms with E-state index in [1.165, 1.54) is 0 Å². The van der Waals surface area contributed by atoms with Crippen LogP contribution in [0.2, 0.25) is 0 Å². The minimum atomic E-state index is -0.208. The summed E-state index contributed by atoms with van der Waals surface area (Å²) in [7, 11) is 0. The maximum Gasteiger partial charge on any atom is 0.226 e. The van der Waals surface area contributed by atoms with Gasteiger partial charge in [0.15, 0.2) is 6.10 Å². The van der Waals surface area contributed by atoms with Crippen molar-refractivity contribution < 1.29 is 4.74 Å². The van der Waals surface area contributed by atoms with E-state index in [1.807, 2.05) is 35.1 Å². The molecule has 0 bridgehead atoms. The minimum absolute atomic E-state index is 0.150. The molecule has 2 unspecified atom stereocenters. The molecule has 0 radical (unpaired) electrons. The first kappa shape index (κ1) is 15.6. The van der Waals surface area contributed by atoms with Gasteiger partial charge >= 0.3 is 0 Å². The van der Waals surface area contributed by atoms with Gasteiger partial charge in [-0.25, -0.2) is 4.68 Å². The van der Waals surface area contributed by atoms with Crippen LogP contribution >= 0.6 is 11.3 Å². The summed E-state index contributed by atoms with van der Waals surface area (Å²) in [6.07, 6.45) is 5.04. The molecule has 5 heterocycles. The van der Waals surface area contributed by atoms with Crippen molar-refractivity contribution >= 4 is 23.0 Å². The number of hydrogen-bond donors (Lipinski definition) is 1. The van der Waals surface area contributed by atoms with Crippen LogP contribution in [-0.2, 0) is 0 Å². The van der Waals surface area contributed by atoms with Crippen molar-refractivity contribution in [1.82, 2.24) is 19.7 Å². The molecule has 0 saturated carbocycles. The van der Waals surface area contributed by atoms with Crippen molar-refractivity contribution in [2.75, 3.05) is 5.32 Å². The van der Waals surface area contributed by atoms with Gasteiger partial charge in [-0.1, -0.05) is 24.3 Å². The highest BCUT2D eigenvalue weighted by Crippen LogP contribution is 2.50. The number of ether oxygens (including phenoxy) is 1. The first-order chi connectivity index (χ1) is 13.9. The van der Waals surface area contributed by atoms with Crippen LogP contribution in [0.1, 0.15) is 28.1 Å². The average molecular weight is 385 g/mol. The molecule has 6 rings (SSSR count). The molecule has 2 aliphatic heterocycles. The van der Waals surface area contributed by atoms with E-state index in [-0.39, 0.29) is 12.1 Å². The molecule has 2 atom stereocenters. The third-order valence-corrected chi connectivity index (χ3v) is 6.04. The highest BCUT2D eigenvalue weighted by atomic mass is 32.1. The summed E-state index contributed by atoms with van der Waals surface area (Å²) in [4.78, 5) is 9.93. The SMILES string of the molecule is c1cncc(C2C3=C(Nc4ncnn42)c2ccccc2OC3c2cccs2)c1. The standard InChI is InChI=1S/C21H15N5OS/c1-2-7-15-14(6-1)18-17(20(27-15)16-8-4-10-28-16)19(13-5-3-9-22-11-13)26-21(25-18)23-12-24-26/h1-12,19-20H,(H,23,24,25). The van der Waals surface area contributed by atoms with Crippen LogP contribution < -0.4 is 10.1 Å². The summed E-state index contributed by atoms with van der Waals surface area (Å²) in [6.45, 7) is 0. The quantitative estimate of drug-likeness (QED) is 0.557. The molecule has 4 aromatic rings. The Morgan fingerprint density at radius 2 is 2.04 bits per heavy atom. The minimum Gasteiger partial charge on any atom is -0.480 e. The maximum absolute atomic E-state index is 6.52. The van der Waals surface area contributed by atoms with Crippen molar-refractivity contribution in [2.45, 2.75) is 12.1 Å². The monoisotopic (exact) mass is 385 g/mol.